The molecule has 0 aliphatic rings. The quantitative estimate of drug-likeness (QED) is 0.468. The summed E-state index contributed by atoms with van der Waals surface area (Å²) in [6, 6.07) is 0. The van der Waals surface area contributed by atoms with Crippen molar-refractivity contribution < 1.29 is 19.4 Å². The summed E-state index contributed by atoms with van der Waals surface area (Å²) in [5, 5.41) is 11.0. The van der Waals surface area contributed by atoms with Gasteiger partial charge in [0, 0.05) is 13.0 Å². The van der Waals surface area contributed by atoms with E-state index < -0.39 is 18.2 Å². The lowest BCUT2D eigenvalue weighted by molar-refractivity contribution is -0.137. The van der Waals surface area contributed by atoms with Gasteiger partial charge in [-0.05, 0) is 6.92 Å². The maximum Gasteiger partial charge on any atom is 0.414 e. The van der Waals surface area contributed by atoms with E-state index >= 15 is 0 Å². The maximum absolute atomic E-state index is 10.7. The number of carbonyl (C=O) groups excluding carboxylic acids is 2. The van der Waals surface area contributed by atoms with Gasteiger partial charge in [0.1, 0.15) is 0 Å². The Hall–Kier alpha value is -1.10. The predicted molar refractivity (Wildman–Crippen MR) is 41.5 cm³/mol. The smallest absolute Gasteiger partial charge is 0.392 e. The van der Waals surface area contributed by atoms with Crippen LogP contribution in [-0.4, -0.2) is 29.8 Å². The van der Waals surface area contributed by atoms with Gasteiger partial charge in [0.25, 0.3) is 0 Å². The summed E-state index contributed by atoms with van der Waals surface area (Å²) >= 11 is 0. The molecule has 0 saturated carbocycles. The van der Waals surface area contributed by atoms with Crippen LogP contribution < -0.4 is 5.32 Å². The minimum absolute atomic E-state index is 0.0792. The van der Waals surface area contributed by atoms with Crippen molar-refractivity contribution in [1.29, 1.82) is 0 Å². The highest BCUT2D eigenvalue weighted by molar-refractivity contribution is 5.84. The average Bonchev–Trinajstić information content (AvgIpc) is 2.00. The van der Waals surface area contributed by atoms with E-state index in [1.165, 1.54) is 6.92 Å². The van der Waals surface area contributed by atoms with Crippen LogP contribution in [0.5, 0.6) is 0 Å². The van der Waals surface area contributed by atoms with Crippen LogP contribution in [0.3, 0.4) is 0 Å². The Morgan fingerprint density at radius 2 is 2.17 bits per heavy atom. The van der Waals surface area contributed by atoms with E-state index in [1.807, 2.05) is 0 Å². The Bertz CT molecular complexity index is 167. The summed E-state index contributed by atoms with van der Waals surface area (Å²) < 4.78 is 4.25. The van der Waals surface area contributed by atoms with Crippen molar-refractivity contribution in [3.63, 3.8) is 0 Å². The summed E-state index contributed by atoms with van der Waals surface area (Å²) in [6.45, 7) is 3.18. The van der Waals surface area contributed by atoms with Crippen molar-refractivity contribution in [2.24, 2.45) is 0 Å². The van der Waals surface area contributed by atoms with Gasteiger partial charge in [-0.1, -0.05) is 6.92 Å². The Morgan fingerprint density at radius 1 is 1.58 bits per heavy atom. The molecule has 5 heteroatoms. The molecule has 12 heavy (non-hydrogen) atoms. The fourth-order valence-electron chi connectivity index (χ4n) is 0.443. The highest BCUT2D eigenvalue weighted by Crippen LogP contribution is 1.85. The molecule has 1 unspecified atom stereocenters. The zero-order chi connectivity index (χ0) is 9.56. The second-order valence-corrected chi connectivity index (χ2v) is 2.35. The summed E-state index contributed by atoms with van der Waals surface area (Å²) in [7, 11) is 0. The van der Waals surface area contributed by atoms with Crippen LogP contribution >= 0.6 is 0 Å². The monoisotopic (exact) mass is 175 g/mol. The summed E-state index contributed by atoms with van der Waals surface area (Å²) in [4.78, 5) is 21.2. The van der Waals surface area contributed by atoms with Crippen LogP contribution in [0.15, 0.2) is 0 Å². The van der Waals surface area contributed by atoms with E-state index in [9.17, 15) is 9.59 Å². The minimum atomic E-state index is -0.817. The van der Waals surface area contributed by atoms with Gasteiger partial charge >= 0.3 is 12.1 Å². The Balaban J connectivity index is 3.53. The van der Waals surface area contributed by atoms with Crippen LogP contribution in [0, 0.1) is 0 Å². The van der Waals surface area contributed by atoms with Gasteiger partial charge in [0.05, 0.1) is 6.10 Å². The highest BCUT2D eigenvalue weighted by Gasteiger charge is 2.07. The molecule has 0 aliphatic carbocycles. The highest BCUT2D eigenvalue weighted by atomic mass is 16.6. The van der Waals surface area contributed by atoms with Crippen LogP contribution in [0.1, 0.15) is 20.3 Å². The van der Waals surface area contributed by atoms with Gasteiger partial charge in [-0.25, -0.2) is 4.79 Å². The molecular weight excluding hydrogens is 162 g/mol. The van der Waals surface area contributed by atoms with Gasteiger partial charge in [0.2, 0.25) is 0 Å². The first-order valence-corrected chi connectivity index (χ1v) is 3.72. The molecule has 1 atom stereocenters. The van der Waals surface area contributed by atoms with Gasteiger partial charge in [-0.2, -0.15) is 0 Å². The number of amides is 1. The zero-order valence-electron chi connectivity index (χ0n) is 7.16. The van der Waals surface area contributed by atoms with Gasteiger partial charge in [0.15, 0.2) is 0 Å². The van der Waals surface area contributed by atoms with E-state index in [4.69, 9.17) is 5.11 Å². The molecule has 0 radical (unpaired) electrons. The number of nitrogens with one attached hydrogen (secondary N) is 1. The van der Waals surface area contributed by atoms with Gasteiger partial charge in [-0.3, -0.25) is 4.79 Å². The fraction of sp³-hybridized carbons (Fsp3) is 0.714. The Morgan fingerprint density at radius 3 is 2.58 bits per heavy atom. The average molecular weight is 175 g/mol. The number of hydrogen-bond donors (Lipinski definition) is 2. The van der Waals surface area contributed by atoms with E-state index in [0.29, 0.717) is 0 Å². The molecule has 0 bridgehead atoms. The lowest BCUT2D eigenvalue weighted by Crippen LogP contribution is -2.32. The fourth-order valence-corrected chi connectivity index (χ4v) is 0.443. The third kappa shape index (κ3) is 5.67. The summed E-state index contributed by atoms with van der Waals surface area (Å²) in [5.74, 6) is -0.585. The van der Waals surface area contributed by atoms with Crippen molar-refractivity contribution in [1.82, 2.24) is 5.32 Å². The number of hydrogen-bond acceptors (Lipinski definition) is 4. The predicted octanol–water partition coefficient (Wildman–Crippen LogP) is 0.0300. The second kappa shape index (κ2) is 5.54. The molecular formula is C7H13NO4. The van der Waals surface area contributed by atoms with E-state index in [0.717, 1.165) is 0 Å². The molecule has 0 aromatic rings. The first-order valence-electron chi connectivity index (χ1n) is 3.72. The summed E-state index contributed by atoms with van der Waals surface area (Å²) in [6.07, 6.45) is -1.31. The molecule has 5 nitrogen and oxygen atoms in total. The van der Waals surface area contributed by atoms with Crippen molar-refractivity contribution in [2.45, 2.75) is 26.4 Å². The first-order chi connectivity index (χ1) is 5.56. The van der Waals surface area contributed by atoms with Crippen LogP contribution in [-0.2, 0) is 9.53 Å². The van der Waals surface area contributed by atoms with Crippen LogP contribution in [0.25, 0.3) is 0 Å². The van der Waals surface area contributed by atoms with Crippen molar-refractivity contribution in [3.05, 3.63) is 0 Å². The summed E-state index contributed by atoms with van der Waals surface area (Å²) in [5.41, 5.74) is 0. The minimum Gasteiger partial charge on any atom is -0.392 e. The van der Waals surface area contributed by atoms with E-state index in [-0.39, 0.29) is 13.0 Å². The van der Waals surface area contributed by atoms with Crippen LogP contribution in [0.2, 0.25) is 0 Å². The number of ether oxygens (including phenoxy) is 1. The molecule has 1 amide bonds. The third-order valence-electron chi connectivity index (χ3n) is 1.04. The van der Waals surface area contributed by atoms with Gasteiger partial charge < -0.3 is 15.2 Å². The lowest BCUT2D eigenvalue weighted by Gasteiger charge is -2.05. The first kappa shape index (κ1) is 10.9. The molecule has 0 fully saturated rings. The molecule has 0 aromatic heterocycles. The third-order valence-corrected chi connectivity index (χ3v) is 1.04. The van der Waals surface area contributed by atoms with Gasteiger partial charge in [-0.15, -0.1) is 0 Å². The molecule has 70 valence electrons. The molecule has 2 N–H and O–H groups in total. The molecule has 0 rings (SSSR count). The maximum atomic E-state index is 10.7. The number of carbonyl (C=O) groups is 2. The Labute approximate surface area is 70.7 Å². The molecule has 0 aliphatic heterocycles. The molecule has 0 heterocycles. The topological polar surface area (TPSA) is 75.6 Å². The molecule has 0 saturated heterocycles. The lowest BCUT2D eigenvalue weighted by atomic mass is 10.4. The molecule has 0 spiro atoms. The second-order valence-electron chi connectivity index (χ2n) is 2.35. The van der Waals surface area contributed by atoms with Crippen molar-refractivity contribution in [3.8, 4) is 0 Å². The normalized spacial score (nSPS) is 11.9. The zero-order valence-corrected chi connectivity index (χ0v) is 7.16. The van der Waals surface area contributed by atoms with Crippen molar-refractivity contribution in [2.75, 3.05) is 6.54 Å². The van der Waals surface area contributed by atoms with Crippen molar-refractivity contribution >= 4 is 12.1 Å². The number of rotatable bonds is 3. The van der Waals surface area contributed by atoms with E-state index in [1.54, 1.807) is 6.92 Å². The Kier molecular flexibility index (Phi) is 5.03. The number of alkyl carbamates (subject to hydrolysis) is 1. The number of aliphatic hydroxyl groups is 1. The number of esters is 1. The number of aliphatic hydroxyl groups excluding tert-OH is 1. The standard InChI is InChI=1S/C7H13NO4/c1-3-6(10)12-7(11)8-4-5(2)9/h5,9H,3-4H2,1-2H3,(H,8,11). The molecule has 0 aromatic carbocycles. The SMILES string of the molecule is CCC(=O)OC(=O)NCC(C)O. The van der Waals surface area contributed by atoms with Crippen LogP contribution in [0.4, 0.5) is 4.79 Å². The largest absolute Gasteiger partial charge is 0.414 e. The van der Waals surface area contributed by atoms with E-state index in [2.05, 4.69) is 10.1 Å².